The number of nitrogens with one attached hydrogen (secondary N) is 1. The van der Waals surface area contributed by atoms with Crippen LogP contribution >= 0.6 is 11.8 Å². The van der Waals surface area contributed by atoms with Gasteiger partial charge < -0.3 is 10.1 Å². The zero-order chi connectivity index (χ0) is 13.9. The Morgan fingerprint density at radius 2 is 2.21 bits per heavy atom. The summed E-state index contributed by atoms with van der Waals surface area (Å²) in [5.41, 5.74) is 0. The fraction of sp³-hybridized carbons (Fsp3) is 0.917. The second-order valence-corrected chi connectivity index (χ2v) is 5.87. The van der Waals surface area contributed by atoms with Gasteiger partial charge in [0.25, 0.3) is 0 Å². The molecule has 7 heteroatoms. The summed E-state index contributed by atoms with van der Waals surface area (Å²) in [5, 5.41) is 16.0. The maximum Gasteiger partial charge on any atom is 0.209 e. The van der Waals surface area contributed by atoms with Crippen LogP contribution in [0.15, 0.2) is 5.16 Å². The van der Waals surface area contributed by atoms with Gasteiger partial charge in [0.05, 0.1) is 13.2 Å². The molecular weight excluding hydrogens is 262 g/mol. The van der Waals surface area contributed by atoms with E-state index in [1.807, 2.05) is 4.68 Å². The average Bonchev–Trinajstić information content (AvgIpc) is 2.82. The molecule has 0 unspecified atom stereocenters. The zero-order valence-corrected chi connectivity index (χ0v) is 12.9. The van der Waals surface area contributed by atoms with Crippen molar-refractivity contribution in [1.82, 2.24) is 25.5 Å². The van der Waals surface area contributed by atoms with E-state index in [1.54, 1.807) is 18.9 Å². The van der Waals surface area contributed by atoms with E-state index in [9.17, 15) is 0 Å². The van der Waals surface area contributed by atoms with Crippen molar-refractivity contribution in [3.05, 3.63) is 0 Å². The van der Waals surface area contributed by atoms with Crippen LogP contribution in [-0.2, 0) is 11.3 Å². The topological polar surface area (TPSA) is 64.9 Å². The Morgan fingerprint density at radius 3 is 2.95 bits per heavy atom. The minimum Gasteiger partial charge on any atom is -0.383 e. The lowest BCUT2D eigenvalue weighted by atomic mass is 10.1. The van der Waals surface area contributed by atoms with E-state index in [-0.39, 0.29) is 0 Å². The predicted molar refractivity (Wildman–Crippen MR) is 77.4 cm³/mol. The predicted octanol–water partition coefficient (Wildman–Crippen LogP) is 1.44. The first-order valence-electron chi connectivity index (χ1n) is 6.82. The van der Waals surface area contributed by atoms with Crippen molar-refractivity contribution in [2.75, 3.05) is 32.6 Å². The van der Waals surface area contributed by atoms with Crippen LogP contribution in [0.2, 0.25) is 0 Å². The molecule has 110 valence electrons. The van der Waals surface area contributed by atoms with Crippen molar-refractivity contribution >= 4 is 11.8 Å². The van der Waals surface area contributed by atoms with Crippen molar-refractivity contribution in [2.45, 2.75) is 38.4 Å². The van der Waals surface area contributed by atoms with Gasteiger partial charge >= 0.3 is 0 Å². The lowest BCUT2D eigenvalue weighted by Crippen LogP contribution is -2.24. The second kappa shape index (κ2) is 10.2. The van der Waals surface area contributed by atoms with Gasteiger partial charge in [-0.25, -0.2) is 4.68 Å². The summed E-state index contributed by atoms with van der Waals surface area (Å²) in [4.78, 5) is 0. The monoisotopic (exact) mass is 287 g/mol. The summed E-state index contributed by atoms with van der Waals surface area (Å²) in [6, 6.07) is 0. The van der Waals surface area contributed by atoms with Crippen LogP contribution in [0, 0.1) is 5.92 Å². The maximum atomic E-state index is 4.97. The summed E-state index contributed by atoms with van der Waals surface area (Å²) < 4.78 is 6.83. The molecule has 0 aromatic carbocycles. The van der Waals surface area contributed by atoms with Crippen molar-refractivity contribution in [3.63, 3.8) is 0 Å². The van der Waals surface area contributed by atoms with Crippen LogP contribution in [0.4, 0.5) is 0 Å². The molecule has 6 nitrogen and oxygen atoms in total. The Bertz CT molecular complexity index is 332. The minimum atomic E-state index is 0.729. The van der Waals surface area contributed by atoms with E-state index < -0.39 is 0 Å². The maximum absolute atomic E-state index is 4.97. The lowest BCUT2D eigenvalue weighted by molar-refractivity contribution is 0.199. The SMILES string of the molecule is COCCNCCn1nnnc1SCCCC(C)C. The Morgan fingerprint density at radius 1 is 1.37 bits per heavy atom. The fourth-order valence-electron chi connectivity index (χ4n) is 1.58. The second-order valence-electron chi connectivity index (χ2n) is 4.81. The highest BCUT2D eigenvalue weighted by molar-refractivity contribution is 7.99. The summed E-state index contributed by atoms with van der Waals surface area (Å²) in [6.45, 7) is 7.74. The summed E-state index contributed by atoms with van der Waals surface area (Å²) in [5.74, 6) is 1.84. The Labute approximate surface area is 119 Å². The van der Waals surface area contributed by atoms with Crippen molar-refractivity contribution in [1.29, 1.82) is 0 Å². The number of tetrazole rings is 1. The lowest BCUT2D eigenvalue weighted by Gasteiger charge is -2.06. The van der Waals surface area contributed by atoms with Crippen molar-refractivity contribution < 1.29 is 4.74 Å². The molecule has 1 heterocycles. The van der Waals surface area contributed by atoms with Gasteiger partial charge in [-0.1, -0.05) is 32.0 Å². The molecule has 0 aliphatic carbocycles. The third-order valence-corrected chi connectivity index (χ3v) is 3.68. The smallest absolute Gasteiger partial charge is 0.209 e. The van der Waals surface area contributed by atoms with E-state index in [1.165, 1.54) is 12.8 Å². The molecule has 0 aliphatic rings. The molecule has 1 rings (SSSR count). The Hall–Kier alpha value is -0.660. The van der Waals surface area contributed by atoms with E-state index in [0.717, 1.165) is 43.1 Å². The largest absolute Gasteiger partial charge is 0.383 e. The zero-order valence-electron chi connectivity index (χ0n) is 12.1. The highest BCUT2D eigenvalue weighted by Crippen LogP contribution is 2.16. The van der Waals surface area contributed by atoms with Gasteiger partial charge in [0.15, 0.2) is 0 Å². The summed E-state index contributed by atoms with van der Waals surface area (Å²) >= 11 is 1.74. The molecule has 0 radical (unpaired) electrons. The molecule has 0 spiro atoms. The van der Waals surface area contributed by atoms with Gasteiger partial charge in [-0.2, -0.15) is 0 Å². The van der Waals surface area contributed by atoms with Crippen molar-refractivity contribution in [2.24, 2.45) is 5.92 Å². The van der Waals surface area contributed by atoms with Crippen LogP contribution in [-0.4, -0.2) is 52.8 Å². The standard InChI is InChI=1S/C12H25N5OS/c1-11(2)5-4-10-19-12-14-15-16-17(12)8-6-13-7-9-18-3/h11,13H,4-10H2,1-3H3. The van der Waals surface area contributed by atoms with E-state index >= 15 is 0 Å². The van der Waals surface area contributed by atoms with E-state index in [4.69, 9.17) is 4.74 Å². The van der Waals surface area contributed by atoms with Gasteiger partial charge in [0.2, 0.25) is 5.16 Å². The van der Waals surface area contributed by atoms with Crippen LogP contribution in [0.5, 0.6) is 0 Å². The first-order valence-corrected chi connectivity index (χ1v) is 7.81. The number of methoxy groups -OCH3 is 1. The minimum absolute atomic E-state index is 0.729. The third kappa shape index (κ3) is 7.49. The molecule has 1 N–H and O–H groups in total. The molecule has 0 amide bonds. The van der Waals surface area contributed by atoms with Gasteiger partial charge in [0.1, 0.15) is 0 Å². The number of rotatable bonds is 11. The number of aromatic nitrogens is 4. The van der Waals surface area contributed by atoms with Crippen LogP contribution in [0.3, 0.4) is 0 Å². The molecular formula is C12H25N5OS. The van der Waals surface area contributed by atoms with E-state index in [2.05, 4.69) is 34.7 Å². The van der Waals surface area contributed by atoms with Crippen LogP contribution in [0.1, 0.15) is 26.7 Å². The molecule has 1 aromatic rings. The first-order chi connectivity index (χ1) is 9.24. The molecule has 0 atom stereocenters. The summed E-state index contributed by atoms with van der Waals surface area (Å²) in [6.07, 6.45) is 2.47. The Balaban J connectivity index is 2.18. The molecule has 1 aromatic heterocycles. The van der Waals surface area contributed by atoms with Gasteiger partial charge in [-0.15, -0.1) is 5.10 Å². The van der Waals surface area contributed by atoms with E-state index in [0.29, 0.717) is 0 Å². The number of nitrogens with zero attached hydrogens (tertiary/aromatic N) is 4. The number of thioether (sulfide) groups is 1. The normalized spacial score (nSPS) is 11.4. The fourth-order valence-corrected chi connectivity index (χ4v) is 2.44. The van der Waals surface area contributed by atoms with Gasteiger partial charge in [0, 0.05) is 26.0 Å². The molecule has 0 saturated carbocycles. The third-order valence-electron chi connectivity index (χ3n) is 2.64. The molecule has 0 aliphatic heterocycles. The Kier molecular flexibility index (Phi) is 8.77. The molecule has 19 heavy (non-hydrogen) atoms. The summed E-state index contributed by atoms with van der Waals surface area (Å²) in [7, 11) is 1.70. The number of ether oxygens (including phenoxy) is 1. The highest BCUT2D eigenvalue weighted by atomic mass is 32.2. The molecule has 0 saturated heterocycles. The highest BCUT2D eigenvalue weighted by Gasteiger charge is 2.06. The number of hydrogen-bond donors (Lipinski definition) is 1. The number of hydrogen-bond acceptors (Lipinski definition) is 6. The van der Waals surface area contributed by atoms with Gasteiger partial charge in [-0.05, 0) is 22.8 Å². The molecule has 0 bridgehead atoms. The van der Waals surface area contributed by atoms with Crippen LogP contribution < -0.4 is 5.32 Å². The quantitative estimate of drug-likeness (QED) is 0.491. The molecule has 0 fully saturated rings. The van der Waals surface area contributed by atoms with Crippen LogP contribution in [0.25, 0.3) is 0 Å². The van der Waals surface area contributed by atoms with Gasteiger partial charge in [-0.3, -0.25) is 0 Å². The average molecular weight is 287 g/mol. The first kappa shape index (κ1) is 16.4. The van der Waals surface area contributed by atoms with Crippen molar-refractivity contribution in [3.8, 4) is 0 Å².